The van der Waals surface area contributed by atoms with E-state index >= 15 is 0 Å². The molecule has 2 unspecified atom stereocenters. The van der Waals surface area contributed by atoms with Crippen molar-refractivity contribution < 1.29 is 9.47 Å². The van der Waals surface area contributed by atoms with E-state index in [0.717, 1.165) is 38.2 Å². The molecule has 96 valence electrons. The van der Waals surface area contributed by atoms with E-state index in [9.17, 15) is 0 Å². The first-order chi connectivity index (χ1) is 7.76. The van der Waals surface area contributed by atoms with Crippen LogP contribution in [0.25, 0.3) is 0 Å². The molecule has 2 atom stereocenters. The Balaban J connectivity index is 2.10. The fourth-order valence-electron chi connectivity index (χ4n) is 1.95. The van der Waals surface area contributed by atoms with Gasteiger partial charge in [-0.3, -0.25) is 4.90 Å². The predicted molar refractivity (Wildman–Crippen MR) is 70.3 cm³/mol. The summed E-state index contributed by atoms with van der Waals surface area (Å²) in [4.78, 5) is 2.44. The van der Waals surface area contributed by atoms with Crippen molar-refractivity contribution >= 4 is 15.9 Å². The van der Waals surface area contributed by atoms with Crippen LogP contribution in [-0.2, 0) is 9.47 Å². The number of hydrogen-bond acceptors (Lipinski definition) is 3. The van der Waals surface area contributed by atoms with E-state index in [0.29, 0.717) is 12.2 Å². The third-order valence-corrected chi connectivity index (χ3v) is 3.49. The molecule has 0 aromatic rings. The highest BCUT2D eigenvalue weighted by atomic mass is 79.9. The van der Waals surface area contributed by atoms with Crippen molar-refractivity contribution in [1.29, 1.82) is 0 Å². The summed E-state index contributed by atoms with van der Waals surface area (Å²) >= 11 is 3.49. The van der Waals surface area contributed by atoms with Gasteiger partial charge in [-0.05, 0) is 13.3 Å². The molecule has 1 aliphatic rings. The fourth-order valence-corrected chi connectivity index (χ4v) is 2.31. The van der Waals surface area contributed by atoms with Crippen LogP contribution in [0.1, 0.15) is 26.7 Å². The fraction of sp³-hybridized carbons (Fsp3) is 1.00. The Labute approximate surface area is 108 Å². The molecule has 4 heteroatoms. The lowest BCUT2D eigenvalue weighted by atomic mass is 10.2. The summed E-state index contributed by atoms with van der Waals surface area (Å²) in [6, 6.07) is 0. The molecule has 1 rings (SSSR count). The van der Waals surface area contributed by atoms with Crippen molar-refractivity contribution in [3.05, 3.63) is 0 Å². The largest absolute Gasteiger partial charge is 0.380 e. The molecule has 1 saturated heterocycles. The third kappa shape index (κ3) is 5.62. The average Bonchev–Trinajstić information content (AvgIpc) is 2.28. The van der Waals surface area contributed by atoms with Crippen molar-refractivity contribution in [2.75, 3.05) is 38.2 Å². The van der Waals surface area contributed by atoms with Crippen LogP contribution in [0.15, 0.2) is 0 Å². The maximum absolute atomic E-state index is 5.78. The number of nitrogens with zero attached hydrogens (tertiary/aromatic N) is 1. The van der Waals surface area contributed by atoms with E-state index in [1.807, 2.05) is 0 Å². The lowest BCUT2D eigenvalue weighted by Gasteiger charge is -2.36. The molecule has 1 fully saturated rings. The van der Waals surface area contributed by atoms with Gasteiger partial charge in [0.2, 0.25) is 0 Å². The van der Waals surface area contributed by atoms with Crippen molar-refractivity contribution in [2.24, 2.45) is 0 Å². The van der Waals surface area contributed by atoms with Gasteiger partial charge < -0.3 is 9.47 Å². The second-order valence-electron chi connectivity index (χ2n) is 4.45. The van der Waals surface area contributed by atoms with Gasteiger partial charge in [-0.2, -0.15) is 0 Å². The summed E-state index contributed by atoms with van der Waals surface area (Å²) in [6.07, 6.45) is 3.05. The topological polar surface area (TPSA) is 21.7 Å². The van der Waals surface area contributed by atoms with Gasteiger partial charge >= 0.3 is 0 Å². The molecule has 0 amide bonds. The van der Waals surface area contributed by atoms with E-state index in [-0.39, 0.29) is 0 Å². The number of morpholine rings is 1. The van der Waals surface area contributed by atoms with E-state index in [4.69, 9.17) is 9.47 Å². The van der Waals surface area contributed by atoms with Crippen molar-refractivity contribution in [1.82, 2.24) is 4.90 Å². The SMILES string of the molecule is CCCCOCCN1CC(C)OC(CBr)C1. The molecule has 3 nitrogen and oxygen atoms in total. The van der Waals surface area contributed by atoms with Crippen molar-refractivity contribution in [3.8, 4) is 0 Å². The van der Waals surface area contributed by atoms with E-state index in [2.05, 4.69) is 34.7 Å². The van der Waals surface area contributed by atoms with Gasteiger partial charge in [0, 0.05) is 31.6 Å². The number of ether oxygens (including phenoxy) is 2. The van der Waals surface area contributed by atoms with E-state index in [1.165, 1.54) is 12.8 Å². The minimum Gasteiger partial charge on any atom is -0.380 e. The van der Waals surface area contributed by atoms with Crippen LogP contribution in [0.4, 0.5) is 0 Å². The molecule has 0 N–H and O–H groups in total. The van der Waals surface area contributed by atoms with Gasteiger partial charge in [0.25, 0.3) is 0 Å². The minimum atomic E-state index is 0.333. The zero-order valence-corrected chi connectivity index (χ0v) is 12.0. The van der Waals surface area contributed by atoms with Crippen LogP contribution >= 0.6 is 15.9 Å². The number of rotatable bonds is 7. The summed E-state index contributed by atoms with van der Waals surface area (Å²) in [7, 11) is 0. The molecule has 0 spiro atoms. The summed E-state index contributed by atoms with van der Waals surface area (Å²) in [5.41, 5.74) is 0. The van der Waals surface area contributed by atoms with Gasteiger partial charge in [0.15, 0.2) is 0 Å². The Morgan fingerprint density at radius 3 is 2.88 bits per heavy atom. The van der Waals surface area contributed by atoms with Crippen LogP contribution in [0.5, 0.6) is 0 Å². The highest BCUT2D eigenvalue weighted by Crippen LogP contribution is 2.12. The maximum atomic E-state index is 5.78. The Hall–Kier alpha value is 0.360. The molecule has 1 heterocycles. The Kier molecular flexibility index (Phi) is 7.62. The Morgan fingerprint density at radius 1 is 1.38 bits per heavy atom. The second kappa shape index (κ2) is 8.45. The van der Waals surface area contributed by atoms with Crippen LogP contribution in [-0.4, -0.2) is 55.3 Å². The monoisotopic (exact) mass is 293 g/mol. The number of alkyl halides is 1. The first-order valence-corrected chi connectivity index (χ1v) is 7.40. The smallest absolute Gasteiger partial charge is 0.0802 e. The van der Waals surface area contributed by atoms with Crippen LogP contribution in [0, 0.1) is 0 Å². The average molecular weight is 294 g/mol. The molecular weight excluding hydrogens is 270 g/mol. The second-order valence-corrected chi connectivity index (χ2v) is 5.10. The molecule has 0 aliphatic carbocycles. The minimum absolute atomic E-state index is 0.333. The van der Waals surface area contributed by atoms with E-state index < -0.39 is 0 Å². The molecule has 16 heavy (non-hydrogen) atoms. The standard InChI is InChI=1S/C12H24BrNO2/c1-3-4-6-15-7-5-14-9-11(2)16-12(8-13)10-14/h11-12H,3-10H2,1-2H3. The summed E-state index contributed by atoms with van der Waals surface area (Å²) in [5.74, 6) is 0. The molecule has 1 aliphatic heterocycles. The lowest BCUT2D eigenvalue weighted by Crippen LogP contribution is -2.48. The Bertz CT molecular complexity index is 180. The summed E-state index contributed by atoms with van der Waals surface area (Å²) < 4.78 is 11.4. The summed E-state index contributed by atoms with van der Waals surface area (Å²) in [5, 5.41) is 0.921. The normalized spacial score (nSPS) is 27.2. The van der Waals surface area contributed by atoms with Gasteiger partial charge in [-0.25, -0.2) is 0 Å². The van der Waals surface area contributed by atoms with Gasteiger partial charge in [-0.1, -0.05) is 29.3 Å². The first kappa shape index (κ1) is 14.4. The van der Waals surface area contributed by atoms with Gasteiger partial charge in [-0.15, -0.1) is 0 Å². The highest BCUT2D eigenvalue weighted by molar-refractivity contribution is 9.09. The van der Waals surface area contributed by atoms with Gasteiger partial charge in [0.1, 0.15) is 0 Å². The quantitative estimate of drug-likeness (QED) is 0.531. The third-order valence-electron chi connectivity index (χ3n) is 2.77. The zero-order valence-electron chi connectivity index (χ0n) is 10.5. The van der Waals surface area contributed by atoms with Crippen molar-refractivity contribution in [3.63, 3.8) is 0 Å². The molecule has 0 saturated carbocycles. The molecule has 0 aromatic heterocycles. The molecular formula is C12H24BrNO2. The van der Waals surface area contributed by atoms with Gasteiger partial charge in [0.05, 0.1) is 18.8 Å². The van der Waals surface area contributed by atoms with E-state index in [1.54, 1.807) is 0 Å². The number of hydrogen-bond donors (Lipinski definition) is 0. The molecule has 0 bridgehead atoms. The lowest BCUT2D eigenvalue weighted by molar-refractivity contribution is -0.0704. The van der Waals surface area contributed by atoms with Crippen molar-refractivity contribution in [2.45, 2.75) is 38.9 Å². The maximum Gasteiger partial charge on any atom is 0.0802 e. The predicted octanol–water partition coefficient (Wildman–Crippen LogP) is 2.29. The summed E-state index contributed by atoms with van der Waals surface area (Å²) in [6.45, 7) is 9.15. The Morgan fingerprint density at radius 2 is 2.19 bits per heavy atom. The molecule has 0 radical (unpaired) electrons. The number of halogens is 1. The highest BCUT2D eigenvalue weighted by Gasteiger charge is 2.23. The first-order valence-electron chi connectivity index (χ1n) is 6.27. The van der Waals surface area contributed by atoms with Crippen LogP contribution in [0.3, 0.4) is 0 Å². The number of unbranched alkanes of at least 4 members (excludes halogenated alkanes) is 1. The van der Waals surface area contributed by atoms with Crippen LogP contribution < -0.4 is 0 Å². The van der Waals surface area contributed by atoms with Crippen LogP contribution in [0.2, 0.25) is 0 Å². The zero-order chi connectivity index (χ0) is 11.8. The molecule has 0 aromatic carbocycles.